The molecule has 0 aromatic carbocycles. The number of hydrogen-bond donors (Lipinski definition) is 2. The van der Waals surface area contributed by atoms with E-state index < -0.39 is 24.5 Å². The van der Waals surface area contributed by atoms with Gasteiger partial charge in [0.15, 0.2) is 6.61 Å². The van der Waals surface area contributed by atoms with Crippen LogP contribution in [-0.2, 0) is 9.53 Å². The molecule has 0 aliphatic carbocycles. The number of pyridine rings is 1. The average Bonchev–Trinajstić information content (AvgIpc) is 2.42. The van der Waals surface area contributed by atoms with Gasteiger partial charge in [-0.05, 0) is 18.1 Å². The molecule has 1 aromatic heterocycles. The first-order chi connectivity index (χ1) is 9.88. The molecule has 1 heterocycles. The Balaban J connectivity index is 2.36. The molecule has 0 bridgehead atoms. The summed E-state index contributed by atoms with van der Waals surface area (Å²) in [5.41, 5.74) is 0.173. The van der Waals surface area contributed by atoms with Gasteiger partial charge in [-0.15, -0.1) is 0 Å². The Hall–Kier alpha value is -2.15. The highest BCUT2D eigenvalue weighted by molar-refractivity contribution is 6.29. The van der Waals surface area contributed by atoms with Crippen LogP contribution in [0.1, 0.15) is 24.2 Å². The van der Waals surface area contributed by atoms with Crippen LogP contribution in [0, 0.1) is 5.92 Å². The highest BCUT2D eigenvalue weighted by Gasteiger charge is 2.13. The van der Waals surface area contributed by atoms with Crippen molar-refractivity contribution in [1.82, 2.24) is 15.6 Å². The Labute approximate surface area is 127 Å². The van der Waals surface area contributed by atoms with Crippen LogP contribution in [0.3, 0.4) is 0 Å². The van der Waals surface area contributed by atoms with Crippen LogP contribution in [0.25, 0.3) is 0 Å². The summed E-state index contributed by atoms with van der Waals surface area (Å²) in [7, 11) is 0. The number of urea groups is 1. The Morgan fingerprint density at radius 3 is 2.71 bits per heavy atom. The standard InChI is InChI=1S/C13H16ClN3O4/c1-8(2)6-16-13(20)17-11(18)7-21-12(19)9-3-4-15-10(14)5-9/h3-5,8H,6-7H2,1-2H3,(H2,16,17,18,20). The van der Waals surface area contributed by atoms with E-state index >= 15 is 0 Å². The molecule has 21 heavy (non-hydrogen) atoms. The van der Waals surface area contributed by atoms with Crippen LogP contribution in [-0.4, -0.2) is 36.0 Å². The normalized spacial score (nSPS) is 10.1. The Morgan fingerprint density at radius 1 is 1.38 bits per heavy atom. The number of halogens is 1. The van der Waals surface area contributed by atoms with Crippen LogP contribution in [0.5, 0.6) is 0 Å². The average molecular weight is 314 g/mol. The third-order valence-corrected chi connectivity index (χ3v) is 2.43. The highest BCUT2D eigenvalue weighted by Crippen LogP contribution is 2.08. The summed E-state index contributed by atoms with van der Waals surface area (Å²) < 4.78 is 4.75. The first kappa shape index (κ1) is 16.9. The highest BCUT2D eigenvalue weighted by atomic mass is 35.5. The maximum atomic E-state index is 11.6. The molecule has 0 saturated carbocycles. The SMILES string of the molecule is CC(C)CNC(=O)NC(=O)COC(=O)c1ccnc(Cl)c1. The summed E-state index contributed by atoms with van der Waals surface area (Å²) in [6, 6.07) is 2.09. The molecule has 3 amide bonds. The van der Waals surface area contributed by atoms with Crippen molar-refractivity contribution in [3.05, 3.63) is 29.0 Å². The molecule has 7 nitrogen and oxygen atoms in total. The van der Waals surface area contributed by atoms with Gasteiger partial charge in [0, 0.05) is 12.7 Å². The lowest BCUT2D eigenvalue weighted by atomic mass is 10.2. The minimum Gasteiger partial charge on any atom is -0.452 e. The van der Waals surface area contributed by atoms with Gasteiger partial charge in [-0.2, -0.15) is 0 Å². The number of ether oxygens (including phenoxy) is 1. The number of aromatic nitrogens is 1. The molecule has 0 unspecified atom stereocenters. The number of amides is 3. The monoisotopic (exact) mass is 313 g/mol. The van der Waals surface area contributed by atoms with Crippen molar-refractivity contribution >= 4 is 29.5 Å². The van der Waals surface area contributed by atoms with Gasteiger partial charge >= 0.3 is 12.0 Å². The minimum absolute atomic E-state index is 0.141. The maximum absolute atomic E-state index is 11.6. The third-order valence-electron chi connectivity index (χ3n) is 2.22. The van der Waals surface area contributed by atoms with Crippen LogP contribution >= 0.6 is 11.6 Å². The van der Waals surface area contributed by atoms with E-state index in [0.29, 0.717) is 6.54 Å². The summed E-state index contributed by atoms with van der Waals surface area (Å²) >= 11 is 5.63. The fourth-order valence-electron chi connectivity index (χ4n) is 1.25. The molecule has 2 N–H and O–H groups in total. The van der Waals surface area contributed by atoms with Crippen molar-refractivity contribution < 1.29 is 19.1 Å². The number of imide groups is 1. The van der Waals surface area contributed by atoms with Gasteiger partial charge in [0.2, 0.25) is 0 Å². The molecular formula is C13H16ClN3O4. The molecule has 0 spiro atoms. The van der Waals surface area contributed by atoms with Crippen molar-refractivity contribution in [3.8, 4) is 0 Å². The number of carbonyl (C=O) groups is 3. The number of rotatable bonds is 5. The first-order valence-corrected chi connectivity index (χ1v) is 6.62. The van der Waals surface area contributed by atoms with Crippen molar-refractivity contribution in [1.29, 1.82) is 0 Å². The summed E-state index contributed by atoms with van der Waals surface area (Å²) in [6.45, 7) is 3.72. The van der Waals surface area contributed by atoms with Gasteiger partial charge in [0.25, 0.3) is 5.91 Å². The van der Waals surface area contributed by atoms with Crippen LogP contribution < -0.4 is 10.6 Å². The van der Waals surface area contributed by atoms with E-state index in [0.717, 1.165) is 0 Å². The second-order valence-electron chi connectivity index (χ2n) is 4.60. The predicted octanol–water partition coefficient (Wildman–Crippen LogP) is 1.37. The summed E-state index contributed by atoms with van der Waals surface area (Å²) in [4.78, 5) is 38.1. The Kier molecular flexibility index (Phi) is 6.61. The molecule has 1 aromatic rings. The smallest absolute Gasteiger partial charge is 0.338 e. The van der Waals surface area contributed by atoms with Gasteiger partial charge in [0.1, 0.15) is 5.15 Å². The van der Waals surface area contributed by atoms with Gasteiger partial charge in [-0.3, -0.25) is 10.1 Å². The van der Waals surface area contributed by atoms with Crippen molar-refractivity contribution in [2.75, 3.05) is 13.2 Å². The second-order valence-corrected chi connectivity index (χ2v) is 4.98. The van der Waals surface area contributed by atoms with E-state index in [1.807, 2.05) is 19.2 Å². The molecule has 1 rings (SSSR count). The van der Waals surface area contributed by atoms with E-state index in [-0.39, 0.29) is 16.6 Å². The van der Waals surface area contributed by atoms with E-state index in [9.17, 15) is 14.4 Å². The third kappa shape index (κ3) is 6.71. The fraction of sp³-hybridized carbons (Fsp3) is 0.385. The zero-order valence-corrected chi connectivity index (χ0v) is 12.4. The molecule has 0 saturated heterocycles. The Morgan fingerprint density at radius 2 is 2.10 bits per heavy atom. The number of nitrogens with zero attached hydrogens (tertiary/aromatic N) is 1. The summed E-state index contributed by atoms with van der Waals surface area (Å²) in [5, 5.41) is 4.69. The molecule has 8 heteroatoms. The van der Waals surface area contributed by atoms with Crippen molar-refractivity contribution in [2.45, 2.75) is 13.8 Å². The largest absolute Gasteiger partial charge is 0.452 e. The van der Waals surface area contributed by atoms with Gasteiger partial charge in [0.05, 0.1) is 5.56 Å². The lowest BCUT2D eigenvalue weighted by Crippen LogP contribution is -2.42. The van der Waals surface area contributed by atoms with Gasteiger partial charge in [-0.25, -0.2) is 14.6 Å². The molecule has 0 atom stereocenters. The zero-order chi connectivity index (χ0) is 15.8. The molecule has 0 aliphatic rings. The Bertz CT molecular complexity index is 534. The summed E-state index contributed by atoms with van der Waals surface area (Å²) in [6.07, 6.45) is 1.35. The van der Waals surface area contributed by atoms with Crippen molar-refractivity contribution in [3.63, 3.8) is 0 Å². The quantitative estimate of drug-likeness (QED) is 0.632. The minimum atomic E-state index is -0.725. The van der Waals surface area contributed by atoms with Gasteiger partial charge < -0.3 is 10.1 Å². The first-order valence-electron chi connectivity index (χ1n) is 6.25. The van der Waals surface area contributed by atoms with Gasteiger partial charge in [-0.1, -0.05) is 25.4 Å². The van der Waals surface area contributed by atoms with E-state index in [2.05, 4.69) is 10.3 Å². The summed E-state index contributed by atoms with van der Waals surface area (Å²) in [5.74, 6) is -1.18. The van der Waals surface area contributed by atoms with E-state index in [1.54, 1.807) is 0 Å². The second kappa shape index (κ2) is 8.21. The number of carbonyl (C=O) groups excluding carboxylic acids is 3. The number of esters is 1. The predicted molar refractivity (Wildman–Crippen MR) is 75.9 cm³/mol. The van der Waals surface area contributed by atoms with Crippen LogP contribution in [0.15, 0.2) is 18.3 Å². The van der Waals surface area contributed by atoms with Crippen LogP contribution in [0.4, 0.5) is 4.79 Å². The lowest BCUT2D eigenvalue weighted by Gasteiger charge is -2.09. The molecule has 0 fully saturated rings. The molecular weight excluding hydrogens is 298 g/mol. The molecule has 0 radical (unpaired) electrons. The number of hydrogen-bond acceptors (Lipinski definition) is 5. The maximum Gasteiger partial charge on any atom is 0.338 e. The topological polar surface area (TPSA) is 97.4 Å². The van der Waals surface area contributed by atoms with E-state index in [1.165, 1.54) is 18.3 Å². The lowest BCUT2D eigenvalue weighted by molar-refractivity contribution is -0.123. The zero-order valence-electron chi connectivity index (χ0n) is 11.7. The van der Waals surface area contributed by atoms with Crippen LogP contribution in [0.2, 0.25) is 5.15 Å². The number of nitrogens with one attached hydrogen (secondary N) is 2. The van der Waals surface area contributed by atoms with Crippen molar-refractivity contribution in [2.24, 2.45) is 5.92 Å². The fourth-order valence-corrected chi connectivity index (χ4v) is 1.42. The van der Waals surface area contributed by atoms with E-state index in [4.69, 9.17) is 16.3 Å². The molecule has 114 valence electrons. The molecule has 0 aliphatic heterocycles.